The van der Waals surface area contributed by atoms with E-state index < -0.39 is 0 Å². The molecule has 4 nitrogen and oxygen atoms in total. The van der Waals surface area contributed by atoms with Crippen LogP contribution in [0.5, 0.6) is 0 Å². The van der Waals surface area contributed by atoms with Crippen LogP contribution in [0.2, 0.25) is 0 Å². The van der Waals surface area contributed by atoms with E-state index in [4.69, 9.17) is 0 Å². The molecule has 0 unspecified atom stereocenters. The summed E-state index contributed by atoms with van der Waals surface area (Å²) in [5, 5.41) is 0. The fourth-order valence-electron chi connectivity index (χ4n) is 0.986. The first-order valence-corrected chi connectivity index (χ1v) is 4.13. The van der Waals surface area contributed by atoms with Gasteiger partial charge in [-0.25, -0.2) is 19.9 Å². The van der Waals surface area contributed by atoms with Crippen LogP contribution in [-0.2, 0) is 0 Å². The number of hydrogen-bond acceptors (Lipinski definition) is 4. The first kappa shape index (κ1) is 8.50. The molecule has 0 aliphatic carbocycles. The molecule has 0 aromatic carbocycles. The lowest BCUT2D eigenvalue weighted by Gasteiger charge is -1.90. The van der Waals surface area contributed by atoms with Crippen LogP contribution in [0.3, 0.4) is 0 Å². The smallest absolute Gasteiger partial charge is 0.115 e. The number of nitrogens with zero attached hydrogens (tertiary/aromatic N) is 4. The molecule has 0 spiro atoms. The van der Waals surface area contributed by atoms with Crippen molar-refractivity contribution < 1.29 is 0 Å². The van der Waals surface area contributed by atoms with Gasteiger partial charge in [0, 0.05) is 35.9 Å². The van der Waals surface area contributed by atoms with Crippen LogP contribution in [0.4, 0.5) is 0 Å². The molecule has 0 N–H and O–H groups in total. The normalized spacial score (nSPS) is 10.6. The third-order valence-electron chi connectivity index (χ3n) is 1.63. The molecule has 14 heavy (non-hydrogen) atoms. The van der Waals surface area contributed by atoms with Crippen molar-refractivity contribution in [1.82, 2.24) is 19.9 Å². The molecule has 2 aromatic rings. The van der Waals surface area contributed by atoms with E-state index in [-0.39, 0.29) is 0 Å². The van der Waals surface area contributed by atoms with Crippen LogP contribution in [0.15, 0.2) is 37.4 Å². The molecule has 0 atom stereocenters. The maximum Gasteiger partial charge on any atom is 0.115 e. The van der Waals surface area contributed by atoms with Crippen molar-refractivity contribution in [3.8, 4) is 0 Å². The molecule has 0 bridgehead atoms. The zero-order valence-electron chi connectivity index (χ0n) is 7.41. The molecular weight excluding hydrogens is 176 g/mol. The minimum atomic E-state index is 0.955. The number of aromatic nitrogens is 4. The number of rotatable bonds is 2. The molecule has 2 aromatic heterocycles. The van der Waals surface area contributed by atoms with Crippen molar-refractivity contribution in [3.63, 3.8) is 0 Å². The zero-order chi connectivity index (χ0) is 9.64. The summed E-state index contributed by atoms with van der Waals surface area (Å²) in [7, 11) is 0. The Morgan fingerprint density at radius 1 is 0.643 bits per heavy atom. The highest BCUT2D eigenvalue weighted by atomic mass is 14.8. The Kier molecular flexibility index (Phi) is 2.56. The van der Waals surface area contributed by atoms with Crippen LogP contribution < -0.4 is 0 Å². The minimum absolute atomic E-state index is 0.955. The molecule has 0 saturated carbocycles. The lowest BCUT2D eigenvalue weighted by Crippen LogP contribution is -1.80. The van der Waals surface area contributed by atoms with Gasteiger partial charge in [0.05, 0.1) is 0 Å². The van der Waals surface area contributed by atoms with E-state index in [1.807, 2.05) is 12.2 Å². The van der Waals surface area contributed by atoms with Crippen molar-refractivity contribution in [2.24, 2.45) is 0 Å². The van der Waals surface area contributed by atoms with Gasteiger partial charge < -0.3 is 0 Å². The Hall–Kier alpha value is -2.10. The molecule has 2 heterocycles. The topological polar surface area (TPSA) is 51.6 Å². The first-order chi connectivity index (χ1) is 6.95. The van der Waals surface area contributed by atoms with E-state index in [9.17, 15) is 0 Å². The van der Waals surface area contributed by atoms with Gasteiger partial charge in [-0.05, 0) is 0 Å². The van der Waals surface area contributed by atoms with Crippen LogP contribution >= 0.6 is 0 Å². The van der Waals surface area contributed by atoms with E-state index >= 15 is 0 Å². The van der Waals surface area contributed by atoms with Gasteiger partial charge in [0.2, 0.25) is 0 Å². The zero-order valence-corrected chi connectivity index (χ0v) is 7.41. The highest BCUT2D eigenvalue weighted by molar-refractivity contribution is 5.67. The maximum atomic E-state index is 3.90. The molecular formula is C10H8N4. The summed E-state index contributed by atoms with van der Waals surface area (Å²) in [6.45, 7) is 0. The van der Waals surface area contributed by atoms with E-state index in [0.29, 0.717) is 0 Å². The summed E-state index contributed by atoms with van der Waals surface area (Å²) in [6.07, 6.45) is 13.8. The van der Waals surface area contributed by atoms with Gasteiger partial charge in [-0.1, -0.05) is 12.2 Å². The monoisotopic (exact) mass is 184 g/mol. The fraction of sp³-hybridized carbons (Fsp3) is 0. The SMILES string of the molecule is C(=C\c1cncnc1)/c1cncnc1. The van der Waals surface area contributed by atoms with Crippen molar-refractivity contribution in [1.29, 1.82) is 0 Å². The first-order valence-electron chi connectivity index (χ1n) is 4.13. The van der Waals surface area contributed by atoms with E-state index in [1.54, 1.807) is 24.8 Å². The summed E-state index contributed by atoms with van der Waals surface area (Å²) in [5.41, 5.74) is 1.91. The van der Waals surface area contributed by atoms with Gasteiger partial charge in [0.25, 0.3) is 0 Å². The van der Waals surface area contributed by atoms with Gasteiger partial charge in [0.15, 0.2) is 0 Å². The van der Waals surface area contributed by atoms with Crippen LogP contribution in [0, 0.1) is 0 Å². The lowest BCUT2D eigenvalue weighted by atomic mass is 10.2. The van der Waals surface area contributed by atoms with Crippen molar-refractivity contribution in [2.75, 3.05) is 0 Å². The molecule has 2 rings (SSSR count). The van der Waals surface area contributed by atoms with Crippen molar-refractivity contribution in [2.45, 2.75) is 0 Å². The van der Waals surface area contributed by atoms with Crippen LogP contribution in [-0.4, -0.2) is 19.9 Å². The summed E-state index contributed by atoms with van der Waals surface area (Å²) >= 11 is 0. The second kappa shape index (κ2) is 4.23. The van der Waals surface area contributed by atoms with E-state index in [1.165, 1.54) is 12.7 Å². The molecule has 4 heteroatoms. The Morgan fingerprint density at radius 2 is 1.00 bits per heavy atom. The van der Waals surface area contributed by atoms with Crippen molar-refractivity contribution in [3.05, 3.63) is 48.6 Å². The van der Waals surface area contributed by atoms with Crippen LogP contribution in [0.1, 0.15) is 11.1 Å². The fourth-order valence-corrected chi connectivity index (χ4v) is 0.986. The van der Waals surface area contributed by atoms with Gasteiger partial charge in [-0.15, -0.1) is 0 Å². The Labute approximate surface area is 81.4 Å². The summed E-state index contributed by atoms with van der Waals surface area (Å²) < 4.78 is 0. The molecule has 0 radical (unpaired) electrons. The third kappa shape index (κ3) is 2.20. The summed E-state index contributed by atoms with van der Waals surface area (Å²) in [5.74, 6) is 0. The second-order valence-electron chi connectivity index (χ2n) is 2.68. The summed E-state index contributed by atoms with van der Waals surface area (Å²) in [4.78, 5) is 15.6. The predicted molar refractivity (Wildman–Crippen MR) is 53.0 cm³/mol. The van der Waals surface area contributed by atoms with Gasteiger partial charge in [-0.2, -0.15) is 0 Å². The average molecular weight is 184 g/mol. The molecule has 0 saturated heterocycles. The van der Waals surface area contributed by atoms with E-state index in [0.717, 1.165) is 11.1 Å². The van der Waals surface area contributed by atoms with Gasteiger partial charge >= 0.3 is 0 Å². The lowest BCUT2D eigenvalue weighted by molar-refractivity contribution is 1.15. The minimum Gasteiger partial charge on any atom is -0.244 e. The molecule has 0 aliphatic rings. The quantitative estimate of drug-likeness (QED) is 0.708. The van der Waals surface area contributed by atoms with Gasteiger partial charge in [-0.3, -0.25) is 0 Å². The van der Waals surface area contributed by atoms with Gasteiger partial charge in [0.1, 0.15) is 12.7 Å². The highest BCUT2D eigenvalue weighted by Gasteiger charge is 1.86. The van der Waals surface area contributed by atoms with Crippen molar-refractivity contribution >= 4 is 12.2 Å². The standard InChI is InChI=1S/C10H8N4/c1(9-3-11-7-12-4-9)2-10-5-13-8-14-6-10/h1-8H/b2-1+. The highest BCUT2D eigenvalue weighted by Crippen LogP contribution is 2.02. The second-order valence-corrected chi connectivity index (χ2v) is 2.68. The average Bonchev–Trinajstić information content (AvgIpc) is 2.29. The molecule has 0 amide bonds. The molecule has 0 aliphatic heterocycles. The Bertz CT molecular complexity index is 369. The molecule has 68 valence electrons. The Balaban J connectivity index is 2.16. The summed E-state index contributed by atoms with van der Waals surface area (Å²) in [6, 6.07) is 0. The van der Waals surface area contributed by atoms with Crippen LogP contribution in [0.25, 0.3) is 12.2 Å². The van der Waals surface area contributed by atoms with E-state index in [2.05, 4.69) is 19.9 Å². The molecule has 0 fully saturated rings. The predicted octanol–water partition coefficient (Wildman–Crippen LogP) is 1.44. The Morgan fingerprint density at radius 3 is 1.36 bits per heavy atom. The maximum absolute atomic E-state index is 3.90. The third-order valence-corrected chi connectivity index (χ3v) is 1.63. The largest absolute Gasteiger partial charge is 0.244 e. The number of hydrogen-bond donors (Lipinski definition) is 0.